The zero-order valence-electron chi connectivity index (χ0n) is 8.47. The van der Waals surface area contributed by atoms with Gasteiger partial charge in [-0.25, -0.2) is 4.98 Å². The molecule has 0 aromatic carbocycles. The van der Waals surface area contributed by atoms with Crippen molar-refractivity contribution in [1.29, 1.82) is 0 Å². The van der Waals surface area contributed by atoms with Gasteiger partial charge in [-0.3, -0.25) is 0 Å². The van der Waals surface area contributed by atoms with Gasteiger partial charge in [0, 0.05) is 6.20 Å². The molecule has 1 rings (SSSR count). The highest BCUT2D eigenvalue weighted by Gasteiger charge is 2.19. The summed E-state index contributed by atoms with van der Waals surface area (Å²) < 4.78 is 6.50. The minimum absolute atomic E-state index is 0.205. The Morgan fingerprint density at radius 2 is 2.21 bits per heavy atom. The molecule has 0 amide bonds. The van der Waals surface area contributed by atoms with Gasteiger partial charge in [0.1, 0.15) is 5.60 Å². The van der Waals surface area contributed by atoms with Gasteiger partial charge in [0.2, 0.25) is 5.88 Å². The van der Waals surface area contributed by atoms with E-state index in [0.29, 0.717) is 10.9 Å². The maximum atomic E-state index is 5.77. The molecule has 0 fully saturated rings. The molecule has 0 N–H and O–H groups in total. The largest absolute Gasteiger partial charge is 0.471 e. The molecule has 0 atom stereocenters. The van der Waals surface area contributed by atoms with Crippen LogP contribution >= 0.6 is 27.5 Å². The Morgan fingerprint density at radius 3 is 2.71 bits per heavy atom. The van der Waals surface area contributed by atoms with Gasteiger partial charge in [-0.05, 0) is 42.3 Å². The lowest BCUT2D eigenvalue weighted by Crippen LogP contribution is -2.27. The van der Waals surface area contributed by atoms with Crippen LogP contribution in [0, 0.1) is 0 Å². The van der Waals surface area contributed by atoms with E-state index in [-0.39, 0.29) is 5.60 Å². The number of hydrogen-bond donors (Lipinski definition) is 0. The van der Waals surface area contributed by atoms with Gasteiger partial charge in [0.25, 0.3) is 0 Å². The second-order valence-electron chi connectivity index (χ2n) is 3.66. The molecular weight excluding hydrogens is 265 g/mol. The number of aromatic nitrogens is 1. The first kappa shape index (κ1) is 11.8. The lowest BCUT2D eigenvalue weighted by atomic mass is 10.1. The predicted molar refractivity (Wildman–Crippen MR) is 61.9 cm³/mol. The first-order valence-electron chi connectivity index (χ1n) is 4.44. The van der Waals surface area contributed by atoms with Crippen molar-refractivity contribution in [3.8, 4) is 5.88 Å². The number of hydrogen-bond acceptors (Lipinski definition) is 2. The third-order valence-corrected chi connectivity index (χ3v) is 2.77. The van der Waals surface area contributed by atoms with Gasteiger partial charge in [-0.15, -0.1) is 0 Å². The Bertz CT molecular complexity index is 328. The lowest BCUT2D eigenvalue weighted by molar-refractivity contribution is 0.0979. The summed E-state index contributed by atoms with van der Waals surface area (Å²) >= 11 is 9.13. The fourth-order valence-electron chi connectivity index (χ4n) is 0.811. The van der Waals surface area contributed by atoms with E-state index in [2.05, 4.69) is 27.8 Å². The molecule has 0 saturated heterocycles. The van der Waals surface area contributed by atoms with E-state index in [1.165, 1.54) is 0 Å². The van der Waals surface area contributed by atoms with Crippen molar-refractivity contribution >= 4 is 27.5 Å². The molecule has 0 aliphatic carbocycles. The molecule has 1 aromatic rings. The molecule has 78 valence electrons. The van der Waals surface area contributed by atoms with E-state index in [9.17, 15) is 0 Å². The quantitative estimate of drug-likeness (QED) is 0.831. The standard InChI is InChI=1S/C10H13BrClNO/c1-4-10(2,3)14-9-8(11)5-7(12)6-13-9/h5-6H,4H2,1-3H3. The smallest absolute Gasteiger partial charge is 0.228 e. The van der Waals surface area contributed by atoms with Crippen LogP contribution in [-0.2, 0) is 0 Å². The monoisotopic (exact) mass is 277 g/mol. The maximum Gasteiger partial charge on any atom is 0.228 e. The minimum atomic E-state index is -0.205. The third-order valence-electron chi connectivity index (χ3n) is 2.00. The Balaban J connectivity index is 2.87. The minimum Gasteiger partial charge on any atom is -0.471 e. The fourth-order valence-corrected chi connectivity index (χ4v) is 1.53. The van der Waals surface area contributed by atoms with Crippen LogP contribution in [0.4, 0.5) is 0 Å². The van der Waals surface area contributed by atoms with Gasteiger partial charge in [-0.1, -0.05) is 18.5 Å². The molecule has 0 saturated carbocycles. The summed E-state index contributed by atoms with van der Waals surface area (Å²) in [5.41, 5.74) is -0.205. The molecule has 0 aliphatic rings. The summed E-state index contributed by atoms with van der Waals surface area (Å²) in [6.45, 7) is 6.12. The van der Waals surface area contributed by atoms with Crippen LogP contribution < -0.4 is 4.74 Å². The highest BCUT2D eigenvalue weighted by atomic mass is 79.9. The average Bonchev–Trinajstić information content (AvgIpc) is 2.10. The highest BCUT2D eigenvalue weighted by molar-refractivity contribution is 9.10. The number of ether oxygens (including phenoxy) is 1. The van der Waals surface area contributed by atoms with Gasteiger partial charge in [0.15, 0.2) is 0 Å². The van der Waals surface area contributed by atoms with Crippen LogP contribution in [0.3, 0.4) is 0 Å². The van der Waals surface area contributed by atoms with E-state index in [4.69, 9.17) is 16.3 Å². The Kier molecular flexibility index (Phi) is 3.78. The first-order valence-corrected chi connectivity index (χ1v) is 5.62. The van der Waals surface area contributed by atoms with Gasteiger partial charge in [-0.2, -0.15) is 0 Å². The van der Waals surface area contributed by atoms with Crippen molar-refractivity contribution in [2.24, 2.45) is 0 Å². The molecule has 0 unspecified atom stereocenters. The van der Waals surface area contributed by atoms with Crippen LogP contribution in [0.1, 0.15) is 27.2 Å². The highest BCUT2D eigenvalue weighted by Crippen LogP contribution is 2.28. The predicted octanol–water partition coefficient (Wildman–Crippen LogP) is 4.06. The fraction of sp³-hybridized carbons (Fsp3) is 0.500. The molecule has 0 bridgehead atoms. The van der Waals surface area contributed by atoms with E-state index >= 15 is 0 Å². The van der Waals surface area contributed by atoms with Crippen molar-refractivity contribution in [2.75, 3.05) is 0 Å². The summed E-state index contributed by atoms with van der Waals surface area (Å²) in [5, 5.41) is 0.596. The van der Waals surface area contributed by atoms with E-state index in [1.54, 1.807) is 12.3 Å². The van der Waals surface area contributed by atoms with Crippen LogP contribution in [0.2, 0.25) is 5.02 Å². The third kappa shape index (κ3) is 3.14. The number of pyridine rings is 1. The van der Waals surface area contributed by atoms with Crippen LogP contribution in [0.5, 0.6) is 5.88 Å². The summed E-state index contributed by atoms with van der Waals surface area (Å²) in [6, 6.07) is 1.77. The van der Waals surface area contributed by atoms with Gasteiger partial charge in [0.05, 0.1) is 9.50 Å². The average molecular weight is 279 g/mol. The summed E-state index contributed by atoms with van der Waals surface area (Å²) in [5.74, 6) is 0.584. The number of halogens is 2. The zero-order chi connectivity index (χ0) is 10.8. The van der Waals surface area contributed by atoms with E-state index in [1.807, 2.05) is 13.8 Å². The molecule has 4 heteroatoms. The molecule has 0 aliphatic heterocycles. The summed E-state index contributed by atoms with van der Waals surface area (Å²) in [6.07, 6.45) is 2.50. The normalized spacial score (nSPS) is 11.5. The first-order chi connectivity index (χ1) is 6.44. The van der Waals surface area contributed by atoms with Crippen LogP contribution in [-0.4, -0.2) is 10.6 Å². The lowest BCUT2D eigenvalue weighted by Gasteiger charge is -2.24. The summed E-state index contributed by atoms with van der Waals surface area (Å²) in [4.78, 5) is 4.11. The van der Waals surface area contributed by atoms with Crippen molar-refractivity contribution in [2.45, 2.75) is 32.8 Å². The molecule has 1 aromatic heterocycles. The van der Waals surface area contributed by atoms with Crippen molar-refractivity contribution < 1.29 is 4.74 Å². The van der Waals surface area contributed by atoms with Gasteiger partial charge < -0.3 is 4.74 Å². The topological polar surface area (TPSA) is 22.1 Å². The summed E-state index contributed by atoms with van der Waals surface area (Å²) in [7, 11) is 0. The number of rotatable bonds is 3. The second kappa shape index (κ2) is 4.49. The SMILES string of the molecule is CCC(C)(C)Oc1ncc(Cl)cc1Br. The Morgan fingerprint density at radius 1 is 1.57 bits per heavy atom. The van der Waals surface area contributed by atoms with Gasteiger partial charge >= 0.3 is 0 Å². The molecule has 2 nitrogen and oxygen atoms in total. The van der Waals surface area contributed by atoms with Crippen molar-refractivity contribution in [3.63, 3.8) is 0 Å². The zero-order valence-corrected chi connectivity index (χ0v) is 10.8. The molecule has 1 heterocycles. The molecule has 0 spiro atoms. The molecule has 14 heavy (non-hydrogen) atoms. The number of nitrogens with zero attached hydrogens (tertiary/aromatic N) is 1. The molecule has 0 radical (unpaired) electrons. The van der Waals surface area contributed by atoms with Crippen LogP contribution in [0.25, 0.3) is 0 Å². The van der Waals surface area contributed by atoms with Crippen molar-refractivity contribution in [3.05, 3.63) is 21.8 Å². The van der Waals surface area contributed by atoms with Crippen LogP contribution in [0.15, 0.2) is 16.7 Å². The Labute approximate surface area is 97.8 Å². The molecular formula is C10H13BrClNO. The van der Waals surface area contributed by atoms with Crippen molar-refractivity contribution in [1.82, 2.24) is 4.98 Å². The second-order valence-corrected chi connectivity index (χ2v) is 4.95. The maximum absolute atomic E-state index is 5.77. The van der Waals surface area contributed by atoms with E-state index in [0.717, 1.165) is 10.9 Å². The Hall–Kier alpha value is -0.280. The van der Waals surface area contributed by atoms with E-state index < -0.39 is 0 Å².